The van der Waals surface area contributed by atoms with Crippen LogP contribution in [-0.2, 0) is 16.1 Å². The van der Waals surface area contributed by atoms with Crippen molar-refractivity contribution in [3.63, 3.8) is 0 Å². The highest BCUT2D eigenvalue weighted by Crippen LogP contribution is 2.31. The number of benzene rings is 2. The van der Waals surface area contributed by atoms with E-state index in [2.05, 4.69) is 5.10 Å². The maximum Gasteiger partial charge on any atom is 0.265 e. The van der Waals surface area contributed by atoms with E-state index in [9.17, 15) is 9.59 Å². The zero-order chi connectivity index (χ0) is 21.3. The van der Waals surface area contributed by atoms with E-state index in [1.807, 2.05) is 61.0 Å². The zero-order valence-electron chi connectivity index (χ0n) is 17.3. The van der Waals surface area contributed by atoms with Gasteiger partial charge in [-0.25, -0.2) is 4.68 Å². The normalized spacial score (nSPS) is 13.0. The number of para-hydroxylation sites is 3. The molecule has 1 aromatic heterocycles. The second kappa shape index (κ2) is 8.02. The van der Waals surface area contributed by atoms with Gasteiger partial charge in [0.05, 0.1) is 17.1 Å². The van der Waals surface area contributed by atoms with Gasteiger partial charge in [0, 0.05) is 24.8 Å². The van der Waals surface area contributed by atoms with Crippen molar-refractivity contribution < 1.29 is 14.3 Å². The summed E-state index contributed by atoms with van der Waals surface area (Å²) in [5, 5.41) is 4.65. The van der Waals surface area contributed by atoms with Crippen LogP contribution in [0.4, 0.5) is 5.69 Å². The highest BCUT2D eigenvalue weighted by molar-refractivity contribution is 6.02. The molecular formula is C23H24N4O3. The minimum atomic E-state index is -0.222. The second-order valence-electron chi connectivity index (χ2n) is 7.38. The Labute approximate surface area is 175 Å². The molecule has 0 saturated carbocycles. The lowest BCUT2D eigenvalue weighted by molar-refractivity contribution is -0.131. The fourth-order valence-corrected chi connectivity index (χ4v) is 3.63. The quantitative estimate of drug-likeness (QED) is 0.656. The van der Waals surface area contributed by atoms with Crippen LogP contribution in [0.5, 0.6) is 5.75 Å². The topological polar surface area (TPSA) is 67.7 Å². The number of hydrogen-bond acceptors (Lipinski definition) is 4. The van der Waals surface area contributed by atoms with E-state index in [4.69, 9.17) is 4.74 Å². The average molecular weight is 404 g/mol. The van der Waals surface area contributed by atoms with Gasteiger partial charge in [-0.15, -0.1) is 0 Å². The molecule has 2 amide bonds. The predicted octanol–water partition coefficient (Wildman–Crippen LogP) is 2.87. The molecule has 0 N–H and O–H groups in total. The third-order valence-corrected chi connectivity index (χ3v) is 5.36. The van der Waals surface area contributed by atoms with E-state index in [1.165, 1.54) is 4.90 Å². The standard InChI is InChI=1S/C23H24N4O3/c1-16-19(17(2)27(24-16)18-9-5-4-6-10-18)13-25(3)22(28)14-26-20-11-7-8-12-21(20)30-15-23(26)29/h4-12H,13-15H2,1-3H3. The van der Waals surface area contributed by atoms with Gasteiger partial charge >= 0.3 is 0 Å². The first-order valence-corrected chi connectivity index (χ1v) is 9.82. The molecule has 0 unspecified atom stereocenters. The summed E-state index contributed by atoms with van der Waals surface area (Å²) in [6.07, 6.45) is 0. The van der Waals surface area contributed by atoms with E-state index in [0.29, 0.717) is 18.0 Å². The summed E-state index contributed by atoms with van der Waals surface area (Å²) >= 11 is 0. The summed E-state index contributed by atoms with van der Waals surface area (Å²) < 4.78 is 7.35. The fraction of sp³-hybridized carbons (Fsp3) is 0.261. The van der Waals surface area contributed by atoms with Gasteiger partial charge in [-0.1, -0.05) is 30.3 Å². The molecule has 0 spiro atoms. The maximum absolute atomic E-state index is 12.9. The molecule has 30 heavy (non-hydrogen) atoms. The number of nitrogens with zero attached hydrogens (tertiary/aromatic N) is 4. The van der Waals surface area contributed by atoms with Crippen LogP contribution in [-0.4, -0.2) is 46.7 Å². The highest BCUT2D eigenvalue weighted by atomic mass is 16.5. The Morgan fingerprint density at radius 1 is 1.10 bits per heavy atom. The molecule has 2 aromatic carbocycles. The minimum absolute atomic E-state index is 0.0272. The molecule has 0 radical (unpaired) electrons. The lowest BCUT2D eigenvalue weighted by atomic mass is 10.1. The molecule has 0 bridgehead atoms. The molecule has 3 aromatic rings. The average Bonchev–Trinajstić information content (AvgIpc) is 3.04. The van der Waals surface area contributed by atoms with Crippen molar-refractivity contribution in [3.8, 4) is 11.4 Å². The first-order valence-electron chi connectivity index (χ1n) is 9.82. The number of ether oxygens (including phenoxy) is 1. The Hall–Kier alpha value is -3.61. The smallest absolute Gasteiger partial charge is 0.265 e. The van der Waals surface area contributed by atoms with Crippen LogP contribution >= 0.6 is 0 Å². The van der Waals surface area contributed by atoms with Gasteiger partial charge in [-0.3, -0.25) is 14.5 Å². The van der Waals surface area contributed by atoms with Crippen LogP contribution in [0.25, 0.3) is 5.69 Å². The van der Waals surface area contributed by atoms with Gasteiger partial charge in [0.15, 0.2) is 6.61 Å². The number of fused-ring (bicyclic) bond motifs is 1. The van der Waals surface area contributed by atoms with Crippen LogP contribution in [0.1, 0.15) is 17.0 Å². The third-order valence-electron chi connectivity index (χ3n) is 5.36. The van der Waals surface area contributed by atoms with Crippen LogP contribution in [0, 0.1) is 13.8 Å². The van der Waals surface area contributed by atoms with Gasteiger partial charge < -0.3 is 9.64 Å². The number of aromatic nitrogens is 2. The summed E-state index contributed by atoms with van der Waals surface area (Å²) in [5.74, 6) is 0.245. The fourth-order valence-electron chi connectivity index (χ4n) is 3.63. The third kappa shape index (κ3) is 3.66. The molecule has 7 heteroatoms. The van der Waals surface area contributed by atoms with Crippen molar-refractivity contribution in [1.82, 2.24) is 14.7 Å². The summed E-state index contributed by atoms with van der Waals surface area (Å²) in [6.45, 7) is 4.28. The van der Waals surface area contributed by atoms with Crippen molar-refractivity contribution in [2.75, 3.05) is 25.1 Å². The zero-order valence-corrected chi connectivity index (χ0v) is 17.3. The first kappa shape index (κ1) is 19.7. The number of aryl methyl sites for hydroxylation is 1. The highest BCUT2D eigenvalue weighted by Gasteiger charge is 2.28. The lowest BCUT2D eigenvalue weighted by Crippen LogP contribution is -2.45. The Bertz CT molecular complexity index is 1090. The van der Waals surface area contributed by atoms with E-state index in [0.717, 1.165) is 22.6 Å². The Kier molecular flexibility index (Phi) is 5.27. The number of hydrogen-bond donors (Lipinski definition) is 0. The molecule has 0 fully saturated rings. The lowest BCUT2D eigenvalue weighted by Gasteiger charge is -2.30. The SMILES string of the molecule is Cc1nn(-c2ccccc2)c(C)c1CN(C)C(=O)CN1C(=O)COc2ccccc21. The number of carbonyl (C=O) groups excluding carboxylic acids is 2. The van der Waals surface area contributed by atoms with Crippen LogP contribution in [0.15, 0.2) is 54.6 Å². The van der Waals surface area contributed by atoms with E-state index in [-0.39, 0.29) is 25.0 Å². The number of carbonyl (C=O) groups is 2. The predicted molar refractivity (Wildman–Crippen MR) is 114 cm³/mol. The van der Waals surface area contributed by atoms with Gasteiger partial charge in [0.1, 0.15) is 12.3 Å². The number of rotatable bonds is 5. The van der Waals surface area contributed by atoms with Crippen molar-refractivity contribution >= 4 is 17.5 Å². The molecule has 1 aliphatic heterocycles. The maximum atomic E-state index is 12.9. The van der Waals surface area contributed by atoms with E-state index >= 15 is 0 Å². The monoisotopic (exact) mass is 404 g/mol. The molecule has 4 rings (SSSR count). The van der Waals surface area contributed by atoms with Gasteiger partial charge in [-0.05, 0) is 38.1 Å². The van der Waals surface area contributed by atoms with E-state index in [1.54, 1.807) is 24.1 Å². The first-order chi connectivity index (χ1) is 14.5. The molecule has 154 valence electrons. The number of anilines is 1. The van der Waals surface area contributed by atoms with Crippen molar-refractivity contribution in [3.05, 3.63) is 71.5 Å². The summed E-state index contributed by atoms with van der Waals surface area (Å²) in [4.78, 5) is 28.4. The Morgan fingerprint density at radius 3 is 2.57 bits per heavy atom. The number of likely N-dealkylation sites (N-methyl/N-ethyl adjacent to an activating group) is 1. The molecule has 2 heterocycles. The largest absolute Gasteiger partial charge is 0.482 e. The molecule has 1 aliphatic rings. The Balaban J connectivity index is 1.51. The van der Waals surface area contributed by atoms with Crippen LogP contribution in [0.2, 0.25) is 0 Å². The van der Waals surface area contributed by atoms with Crippen LogP contribution in [0.3, 0.4) is 0 Å². The van der Waals surface area contributed by atoms with Crippen molar-refractivity contribution in [1.29, 1.82) is 0 Å². The summed E-state index contributed by atoms with van der Waals surface area (Å²) in [5.41, 5.74) is 4.48. The van der Waals surface area contributed by atoms with Crippen molar-refractivity contribution in [2.45, 2.75) is 20.4 Å². The molecular weight excluding hydrogens is 380 g/mol. The Morgan fingerprint density at radius 2 is 1.80 bits per heavy atom. The summed E-state index contributed by atoms with van der Waals surface area (Å²) in [6, 6.07) is 17.2. The van der Waals surface area contributed by atoms with Gasteiger partial charge in [0.25, 0.3) is 5.91 Å². The number of amides is 2. The minimum Gasteiger partial charge on any atom is -0.482 e. The van der Waals surface area contributed by atoms with E-state index < -0.39 is 0 Å². The molecule has 0 saturated heterocycles. The molecule has 0 aliphatic carbocycles. The van der Waals surface area contributed by atoms with Gasteiger partial charge in [0.2, 0.25) is 5.91 Å². The van der Waals surface area contributed by atoms with Crippen LogP contribution < -0.4 is 9.64 Å². The molecule has 7 nitrogen and oxygen atoms in total. The van der Waals surface area contributed by atoms with Gasteiger partial charge in [-0.2, -0.15) is 5.10 Å². The summed E-state index contributed by atoms with van der Waals surface area (Å²) in [7, 11) is 1.75. The second-order valence-corrected chi connectivity index (χ2v) is 7.38. The van der Waals surface area contributed by atoms with Crippen molar-refractivity contribution in [2.24, 2.45) is 0 Å². The molecule has 0 atom stereocenters.